The first-order chi connectivity index (χ1) is 10.2. The van der Waals surface area contributed by atoms with Gasteiger partial charge in [0, 0.05) is 36.6 Å². The molecule has 1 aliphatic heterocycles. The van der Waals surface area contributed by atoms with Gasteiger partial charge in [0.15, 0.2) is 0 Å². The van der Waals surface area contributed by atoms with Crippen molar-refractivity contribution in [1.29, 1.82) is 0 Å². The standard InChI is InChI=1S/C15H23N5S/c1-12(2)15-17-6-14(21-15)9-19-5-3-4-13(7-19)8-20-11-16-10-18-20/h6,10-13H,3-5,7-9H2,1-2H3/t13-/m0/s1. The van der Waals surface area contributed by atoms with Gasteiger partial charge in [-0.3, -0.25) is 9.58 Å². The van der Waals surface area contributed by atoms with E-state index in [2.05, 4.69) is 40.0 Å². The summed E-state index contributed by atoms with van der Waals surface area (Å²) < 4.78 is 1.96. The highest BCUT2D eigenvalue weighted by molar-refractivity contribution is 7.11. The summed E-state index contributed by atoms with van der Waals surface area (Å²) in [4.78, 5) is 12.5. The Labute approximate surface area is 130 Å². The van der Waals surface area contributed by atoms with Crippen LogP contribution in [0.25, 0.3) is 0 Å². The second-order valence-corrected chi connectivity index (χ2v) is 7.33. The molecule has 0 N–H and O–H groups in total. The van der Waals surface area contributed by atoms with Crippen molar-refractivity contribution in [1.82, 2.24) is 24.6 Å². The molecule has 1 atom stereocenters. The summed E-state index contributed by atoms with van der Waals surface area (Å²) in [5.74, 6) is 1.21. The molecule has 3 rings (SSSR count). The van der Waals surface area contributed by atoms with E-state index in [0.29, 0.717) is 11.8 Å². The highest BCUT2D eigenvalue weighted by Crippen LogP contribution is 2.25. The molecule has 6 heteroatoms. The van der Waals surface area contributed by atoms with E-state index < -0.39 is 0 Å². The van der Waals surface area contributed by atoms with E-state index in [4.69, 9.17) is 0 Å². The lowest BCUT2D eigenvalue weighted by Gasteiger charge is -2.32. The molecule has 0 bridgehead atoms. The minimum absolute atomic E-state index is 0.533. The maximum Gasteiger partial charge on any atom is 0.137 e. The van der Waals surface area contributed by atoms with E-state index in [9.17, 15) is 0 Å². The van der Waals surface area contributed by atoms with Crippen molar-refractivity contribution in [3.8, 4) is 0 Å². The second kappa shape index (κ2) is 6.66. The predicted molar refractivity (Wildman–Crippen MR) is 84.2 cm³/mol. The van der Waals surface area contributed by atoms with E-state index in [1.165, 1.54) is 29.3 Å². The van der Waals surface area contributed by atoms with Crippen LogP contribution in [0.15, 0.2) is 18.9 Å². The minimum Gasteiger partial charge on any atom is -0.298 e. The molecule has 2 aromatic heterocycles. The first-order valence-electron chi connectivity index (χ1n) is 7.70. The highest BCUT2D eigenvalue weighted by atomic mass is 32.1. The van der Waals surface area contributed by atoms with Gasteiger partial charge in [0.25, 0.3) is 0 Å². The maximum absolute atomic E-state index is 4.53. The fourth-order valence-corrected chi connectivity index (χ4v) is 3.88. The van der Waals surface area contributed by atoms with Gasteiger partial charge in [-0.25, -0.2) is 9.97 Å². The average Bonchev–Trinajstić information content (AvgIpc) is 3.11. The number of likely N-dealkylation sites (tertiary alicyclic amines) is 1. The molecule has 1 fully saturated rings. The average molecular weight is 305 g/mol. The zero-order valence-electron chi connectivity index (χ0n) is 12.8. The van der Waals surface area contributed by atoms with Gasteiger partial charge in [0.1, 0.15) is 12.7 Å². The number of thiazole rings is 1. The number of rotatable bonds is 5. The zero-order chi connectivity index (χ0) is 14.7. The van der Waals surface area contributed by atoms with Crippen molar-refractivity contribution in [2.75, 3.05) is 13.1 Å². The lowest BCUT2D eigenvalue weighted by molar-refractivity contribution is 0.154. The highest BCUT2D eigenvalue weighted by Gasteiger charge is 2.21. The van der Waals surface area contributed by atoms with Gasteiger partial charge >= 0.3 is 0 Å². The summed E-state index contributed by atoms with van der Waals surface area (Å²) in [6.45, 7) is 8.78. The number of nitrogens with zero attached hydrogens (tertiary/aromatic N) is 5. The van der Waals surface area contributed by atoms with Gasteiger partial charge in [-0.2, -0.15) is 5.10 Å². The van der Waals surface area contributed by atoms with Crippen molar-refractivity contribution in [2.45, 2.75) is 45.7 Å². The molecule has 0 aromatic carbocycles. The van der Waals surface area contributed by atoms with Gasteiger partial charge in [-0.05, 0) is 25.3 Å². The van der Waals surface area contributed by atoms with Crippen LogP contribution in [-0.4, -0.2) is 37.7 Å². The van der Waals surface area contributed by atoms with Crippen LogP contribution < -0.4 is 0 Å². The number of aromatic nitrogens is 4. The molecule has 0 saturated carbocycles. The van der Waals surface area contributed by atoms with Gasteiger partial charge < -0.3 is 0 Å². The molecule has 1 aliphatic rings. The topological polar surface area (TPSA) is 46.8 Å². The summed E-state index contributed by atoms with van der Waals surface area (Å²) in [7, 11) is 0. The van der Waals surface area contributed by atoms with Crippen LogP contribution in [0.3, 0.4) is 0 Å². The summed E-state index contributed by atoms with van der Waals surface area (Å²) in [5, 5.41) is 5.47. The molecule has 0 radical (unpaired) electrons. The number of hydrogen-bond donors (Lipinski definition) is 0. The summed E-state index contributed by atoms with van der Waals surface area (Å²) in [6, 6.07) is 0. The molecule has 3 heterocycles. The third-order valence-corrected chi connectivity index (χ3v) is 5.24. The van der Waals surface area contributed by atoms with Crippen molar-refractivity contribution >= 4 is 11.3 Å². The van der Waals surface area contributed by atoms with Crippen molar-refractivity contribution in [2.24, 2.45) is 5.92 Å². The lowest BCUT2D eigenvalue weighted by atomic mass is 9.98. The van der Waals surface area contributed by atoms with Crippen LogP contribution in [0.5, 0.6) is 0 Å². The molecular weight excluding hydrogens is 282 g/mol. The Balaban J connectivity index is 1.55. The molecule has 21 heavy (non-hydrogen) atoms. The Hall–Kier alpha value is -1.27. The Bertz CT molecular complexity index is 548. The van der Waals surface area contributed by atoms with Gasteiger partial charge in [-0.15, -0.1) is 11.3 Å². The molecule has 5 nitrogen and oxygen atoms in total. The Morgan fingerprint density at radius 1 is 1.43 bits per heavy atom. The first-order valence-corrected chi connectivity index (χ1v) is 8.51. The van der Waals surface area contributed by atoms with Gasteiger partial charge in [0.2, 0.25) is 0 Å². The van der Waals surface area contributed by atoms with Crippen LogP contribution in [0.4, 0.5) is 0 Å². The molecule has 114 valence electrons. The zero-order valence-corrected chi connectivity index (χ0v) is 13.6. The summed E-state index contributed by atoms with van der Waals surface area (Å²) in [6.07, 6.45) is 8.05. The largest absolute Gasteiger partial charge is 0.298 e. The van der Waals surface area contributed by atoms with Crippen LogP contribution >= 0.6 is 11.3 Å². The predicted octanol–water partition coefficient (Wildman–Crippen LogP) is 2.77. The van der Waals surface area contributed by atoms with Crippen molar-refractivity contribution in [3.63, 3.8) is 0 Å². The molecule has 0 unspecified atom stereocenters. The molecule has 0 spiro atoms. The van der Waals surface area contributed by atoms with Crippen LogP contribution in [0.1, 0.15) is 42.5 Å². The lowest BCUT2D eigenvalue weighted by Crippen LogP contribution is -2.36. The molecule has 0 aliphatic carbocycles. The minimum atomic E-state index is 0.533. The third-order valence-electron chi connectivity index (χ3n) is 3.96. The van der Waals surface area contributed by atoms with E-state index in [0.717, 1.165) is 19.6 Å². The Morgan fingerprint density at radius 2 is 2.33 bits per heavy atom. The second-order valence-electron chi connectivity index (χ2n) is 6.18. The number of hydrogen-bond acceptors (Lipinski definition) is 5. The fraction of sp³-hybridized carbons (Fsp3) is 0.667. The molecule has 2 aromatic rings. The third kappa shape index (κ3) is 3.89. The monoisotopic (exact) mass is 305 g/mol. The Morgan fingerprint density at radius 3 is 3.05 bits per heavy atom. The Kier molecular flexibility index (Phi) is 4.65. The summed E-state index contributed by atoms with van der Waals surface area (Å²) >= 11 is 1.86. The van der Waals surface area contributed by atoms with Crippen LogP contribution in [-0.2, 0) is 13.1 Å². The quantitative estimate of drug-likeness (QED) is 0.852. The maximum atomic E-state index is 4.53. The normalized spacial score (nSPS) is 20.2. The van der Waals surface area contributed by atoms with Crippen LogP contribution in [0, 0.1) is 5.92 Å². The van der Waals surface area contributed by atoms with E-state index in [1.807, 2.05) is 22.3 Å². The van der Waals surface area contributed by atoms with Crippen molar-refractivity contribution < 1.29 is 0 Å². The van der Waals surface area contributed by atoms with E-state index in [-0.39, 0.29) is 0 Å². The molecule has 0 amide bonds. The van der Waals surface area contributed by atoms with E-state index in [1.54, 1.807) is 6.33 Å². The fourth-order valence-electron chi connectivity index (χ4n) is 2.92. The molecule has 1 saturated heterocycles. The molecular formula is C15H23N5S. The summed E-state index contributed by atoms with van der Waals surface area (Å²) in [5.41, 5.74) is 0. The van der Waals surface area contributed by atoms with E-state index >= 15 is 0 Å². The SMILES string of the molecule is CC(C)c1ncc(CN2CCC[C@H](Cn3cncn3)C2)s1. The smallest absolute Gasteiger partial charge is 0.137 e. The number of piperidine rings is 1. The first kappa shape index (κ1) is 14.7. The van der Waals surface area contributed by atoms with Crippen molar-refractivity contribution in [3.05, 3.63) is 28.7 Å². The van der Waals surface area contributed by atoms with Gasteiger partial charge in [0.05, 0.1) is 5.01 Å². The van der Waals surface area contributed by atoms with Crippen LogP contribution in [0.2, 0.25) is 0 Å². The van der Waals surface area contributed by atoms with Gasteiger partial charge in [-0.1, -0.05) is 13.8 Å².